The monoisotopic (exact) mass is 309 g/mol. The second-order valence-electron chi connectivity index (χ2n) is 5.56. The Bertz CT molecular complexity index is 458. The summed E-state index contributed by atoms with van der Waals surface area (Å²) < 4.78 is 11.7. The maximum Gasteiger partial charge on any atom is 0.161 e. The predicted molar refractivity (Wildman–Crippen MR) is 90.7 cm³/mol. The summed E-state index contributed by atoms with van der Waals surface area (Å²) in [4.78, 5) is 0. The van der Waals surface area contributed by atoms with E-state index in [-0.39, 0.29) is 4.75 Å². The molecule has 1 aliphatic rings. The van der Waals surface area contributed by atoms with Crippen LogP contribution in [0.15, 0.2) is 18.2 Å². The number of hydrogen-bond acceptors (Lipinski definition) is 4. The molecule has 1 fully saturated rings. The fourth-order valence-corrected chi connectivity index (χ4v) is 4.56. The zero-order valence-corrected chi connectivity index (χ0v) is 14.4. The number of hydrogen-bond donors (Lipinski definition) is 1. The average molecular weight is 309 g/mol. The zero-order chi connectivity index (χ0) is 15.3. The fraction of sp³-hybridized carbons (Fsp3) is 0.647. The van der Waals surface area contributed by atoms with Gasteiger partial charge in [-0.25, -0.2) is 0 Å². The van der Waals surface area contributed by atoms with Gasteiger partial charge in [0.25, 0.3) is 0 Å². The second-order valence-corrected chi connectivity index (χ2v) is 7.19. The molecule has 0 amide bonds. The van der Waals surface area contributed by atoms with Gasteiger partial charge in [0, 0.05) is 10.8 Å². The van der Waals surface area contributed by atoms with Crippen LogP contribution in [0.2, 0.25) is 0 Å². The number of thioether (sulfide) groups is 1. The molecule has 0 bridgehead atoms. The van der Waals surface area contributed by atoms with E-state index in [1.54, 1.807) is 0 Å². The Hall–Kier alpha value is -0.870. The summed E-state index contributed by atoms with van der Waals surface area (Å²) >= 11 is 2.07. The number of rotatable bonds is 7. The second kappa shape index (κ2) is 7.41. The lowest BCUT2D eigenvalue weighted by Crippen LogP contribution is -2.35. The molecule has 1 aromatic carbocycles. The van der Waals surface area contributed by atoms with Gasteiger partial charge in [-0.15, -0.1) is 0 Å². The van der Waals surface area contributed by atoms with Gasteiger partial charge in [-0.2, -0.15) is 11.8 Å². The van der Waals surface area contributed by atoms with Crippen molar-refractivity contribution in [2.24, 2.45) is 0 Å². The third kappa shape index (κ3) is 3.67. The molecule has 4 heteroatoms. The summed E-state index contributed by atoms with van der Waals surface area (Å²) in [5, 5.41) is 3.50. The topological polar surface area (TPSA) is 30.5 Å². The van der Waals surface area contributed by atoms with E-state index in [2.05, 4.69) is 36.1 Å². The molecule has 0 saturated carbocycles. The van der Waals surface area contributed by atoms with Gasteiger partial charge in [-0.1, -0.05) is 6.07 Å². The summed E-state index contributed by atoms with van der Waals surface area (Å²) in [6.07, 6.45) is 2.55. The maximum absolute atomic E-state index is 5.76. The molecular weight excluding hydrogens is 282 g/mol. The Morgan fingerprint density at radius 2 is 1.95 bits per heavy atom. The van der Waals surface area contributed by atoms with Crippen molar-refractivity contribution in [1.82, 2.24) is 5.32 Å². The van der Waals surface area contributed by atoms with E-state index in [4.69, 9.17) is 9.47 Å². The zero-order valence-electron chi connectivity index (χ0n) is 13.6. The number of benzene rings is 1. The molecule has 3 nitrogen and oxygen atoms in total. The molecule has 0 radical (unpaired) electrons. The molecule has 1 aliphatic heterocycles. The summed E-state index contributed by atoms with van der Waals surface area (Å²) in [6.45, 7) is 7.67. The standard InChI is InChI=1S/C17H27NO2S/c1-5-19-14-9-8-13(12-15(14)20-6-2)16(18-4)17(3)10-7-11-21-17/h8-9,12,16,18H,5-7,10-11H2,1-4H3. The van der Waals surface area contributed by atoms with Crippen LogP contribution in [-0.2, 0) is 0 Å². The first kappa shape index (κ1) is 16.5. The summed E-state index contributed by atoms with van der Waals surface area (Å²) in [5.41, 5.74) is 1.28. The summed E-state index contributed by atoms with van der Waals surface area (Å²) in [6, 6.07) is 6.68. The highest BCUT2D eigenvalue weighted by molar-refractivity contribution is 8.00. The number of nitrogens with one attached hydrogen (secondary N) is 1. The Morgan fingerprint density at radius 1 is 1.24 bits per heavy atom. The van der Waals surface area contributed by atoms with Crippen LogP contribution in [0, 0.1) is 0 Å². The van der Waals surface area contributed by atoms with Crippen LogP contribution in [0.4, 0.5) is 0 Å². The van der Waals surface area contributed by atoms with Gasteiger partial charge in [0.15, 0.2) is 11.5 Å². The Balaban J connectivity index is 2.30. The lowest BCUT2D eigenvalue weighted by molar-refractivity contribution is 0.287. The molecule has 1 heterocycles. The van der Waals surface area contributed by atoms with Crippen LogP contribution < -0.4 is 14.8 Å². The van der Waals surface area contributed by atoms with Gasteiger partial charge in [0.05, 0.1) is 13.2 Å². The Labute approximate surface area is 132 Å². The van der Waals surface area contributed by atoms with E-state index >= 15 is 0 Å². The van der Waals surface area contributed by atoms with Crippen molar-refractivity contribution in [2.75, 3.05) is 26.0 Å². The first-order chi connectivity index (χ1) is 10.1. The molecule has 2 rings (SSSR count). The predicted octanol–water partition coefficient (Wildman–Crippen LogP) is 4.03. The minimum absolute atomic E-state index is 0.255. The van der Waals surface area contributed by atoms with Gasteiger partial charge in [-0.05, 0) is 64.1 Å². The molecule has 1 aromatic rings. The Morgan fingerprint density at radius 3 is 2.52 bits per heavy atom. The third-order valence-electron chi connectivity index (χ3n) is 4.05. The molecule has 21 heavy (non-hydrogen) atoms. The quantitative estimate of drug-likeness (QED) is 0.824. The maximum atomic E-state index is 5.76. The fourth-order valence-electron chi connectivity index (χ4n) is 3.10. The van der Waals surface area contributed by atoms with E-state index in [0.717, 1.165) is 11.5 Å². The van der Waals surface area contributed by atoms with Crippen LogP contribution in [0.3, 0.4) is 0 Å². The van der Waals surface area contributed by atoms with Crippen molar-refractivity contribution in [3.8, 4) is 11.5 Å². The lowest BCUT2D eigenvalue weighted by atomic mass is 9.90. The first-order valence-electron chi connectivity index (χ1n) is 7.85. The van der Waals surface area contributed by atoms with E-state index in [9.17, 15) is 0 Å². The lowest BCUT2D eigenvalue weighted by Gasteiger charge is -2.33. The van der Waals surface area contributed by atoms with Crippen LogP contribution in [0.5, 0.6) is 11.5 Å². The van der Waals surface area contributed by atoms with Crippen LogP contribution in [-0.4, -0.2) is 30.8 Å². The smallest absolute Gasteiger partial charge is 0.161 e. The van der Waals surface area contributed by atoms with Crippen LogP contribution >= 0.6 is 11.8 Å². The van der Waals surface area contributed by atoms with Crippen molar-refractivity contribution in [1.29, 1.82) is 0 Å². The molecular formula is C17H27NO2S. The van der Waals surface area contributed by atoms with Crippen LogP contribution in [0.1, 0.15) is 45.2 Å². The largest absolute Gasteiger partial charge is 0.490 e. The van der Waals surface area contributed by atoms with Crippen molar-refractivity contribution < 1.29 is 9.47 Å². The number of ether oxygens (including phenoxy) is 2. The molecule has 0 aliphatic carbocycles. The van der Waals surface area contributed by atoms with Gasteiger partial charge >= 0.3 is 0 Å². The summed E-state index contributed by atoms with van der Waals surface area (Å²) in [7, 11) is 2.05. The van der Waals surface area contributed by atoms with Gasteiger partial charge in [0.2, 0.25) is 0 Å². The van der Waals surface area contributed by atoms with E-state index < -0.39 is 0 Å². The minimum Gasteiger partial charge on any atom is -0.490 e. The van der Waals surface area contributed by atoms with Crippen LogP contribution in [0.25, 0.3) is 0 Å². The highest BCUT2D eigenvalue weighted by Gasteiger charge is 2.38. The van der Waals surface area contributed by atoms with E-state index in [1.807, 2.05) is 27.0 Å². The van der Waals surface area contributed by atoms with Crippen molar-refractivity contribution in [3.63, 3.8) is 0 Å². The molecule has 2 atom stereocenters. The SMILES string of the molecule is CCOc1ccc(C(NC)C2(C)CCCS2)cc1OCC. The summed E-state index contributed by atoms with van der Waals surface area (Å²) in [5.74, 6) is 2.94. The van der Waals surface area contributed by atoms with E-state index in [0.29, 0.717) is 19.3 Å². The van der Waals surface area contributed by atoms with Crippen molar-refractivity contribution in [3.05, 3.63) is 23.8 Å². The molecule has 2 unspecified atom stereocenters. The van der Waals surface area contributed by atoms with Crippen molar-refractivity contribution >= 4 is 11.8 Å². The average Bonchev–Trinajstić information content (AvgIpc) is 2.90. The molecule has 0 aromatic heterocycles. The highest BCUT2D eigenvalue weighted by Crippen LogP contribution is 2.47. The van der Waals surface area contributed by atoms with Gasteiger partial charge in [0.1, 0.15) is 0 Å². The van der Waals surface area contributed by atoms with E-state index in [1.165, 1.54) is 24.2 Å². The minimum atomic E-state index is 0.255. The molecule has 1 saturated heterocycles. The highest BCUT2D eigenvalue weighted by atomic mass is 32.2. The Kier molecular flexibility index (Phi) is 5.82. The molecule has 0 spiro atoms. The van der Waals surface area contributed by atoms with Crippen molar-refractivity contribution in [2.45, 2.75) is 44.4 Å². The normalized spacial score (nSPS) is 23.0. The first-order valence-corrected chi connectivity index (χ1v) is 8.84. The van der Waals surface area contributed by atoms with Gasteiger partial charge < -0.3 is 14.8 Å². The molecule has 1 N–H and O–H groups in total. The molecule has 118 valence electrons. The van der Waals surface area contributed by atoms with Gasteiger partial charge in [-0.3, -0.25) is 0 Å². The third-order valence-corrected chi connectivity index (χ3v) is 5.64.